The summed E-state index contributed by atoms with van der Waals surface area (Å²) in [5, 5.41) is 3.77. The number of hydrogen-bond acceptors (Lipinski definition) is 1. The van der Waals surface area contributed by atoms with Gasteiger partial charge in [0.25, 0.3) is 5.91 Å². The third kappa shape index (κ3) is 5.25. The number of hydrogen-bond donors (Lipinski definition) is 1. The minimum absolute atomic E-state index is 0.256. The number of carbonyl (C=O) groups is 1. The van der Waals surface area contributed by atoms with Gasteiger partial charge in [0, 0.05) is 16.3 Å². The van der Waals surface area contributed by atoms with Gasteiger partial charge in [-0.25, -0.2) is 0 Å². The molecule has 3 nitrogen and oxygen atoms in total. The number of nitrogens with zero attached hydrogens (tertiary/aromatic N) is 1. The Morgan fingerprint density at radius 3 is 2.37 bits per heavy atom. The van der Waals surface area contributed by atoms with Crippen LogP contribution in [0.5, 0.6) is 0 Å². The lowest BCUT2D eigenvalue weighted by Crippen LogP contribution is -2.48. The molecule has 0 atom stereocenters. The number of halogens is 2. The van der Waals surface area contributed by atoms with E-state index in [-0.39, 0.29) is 5.91 Å². The van der Waals surface area contributed by atoms with Gasteiger partial charge >= 0.3 is 0 Å². The molecular formula is C22H27Cl2N2O+. The van der Waals surface area contributed by atoms with Crippen LogP contribution in [0.3, 0.4) is 0 Å². The second-order valence-electron chi connectivity index (χ2n) is 8.00. The number of amides is 1. The van der Waals surface area contributed by atoms with E-state index in [1.165, 1.54) is 37.7 Å². The molecule has 3 rings (SSSR count). The van der Waals surface area contributed by atoms with E-state index in [4.69, 9.17) is 23.2 Å². The monoisotopic (exact) mass is 405 g/mol. The van der Waals surface area contributed by atoms with Crippen molar-refractivity contribution in [2.24, 2.45) is 0 Å². The van der Waals surface area contributed by atoms with Crippen molar-refractivity contribution in [1.82, 2.24) is 0 Å². The molecule has 1 amide bonds. The standard InChI is InChI=1S/C22H26Cl2N2O/c1-26(2,19-6-4-3-5-7-19)15-16-8-11-18(12-9-16)25-22(27)20-14-17(23)10-13-21(20)24/h8-14,19H,3-7,15H2,1-2H3/p+1. The Kier molecular flexibility index (Phi) is 6.46. The zero-order chi connectivity index (χ0) is 19.4. The maximum absolute atomic E-state index is 12.5. The van der Waals surface area contributed by atoms with Crippen molar-refractivity contribution < 1.29 is 9.28 Å². The molecule has 0 aromatic heterocycles. The molecule has 27 heavy (non-hydrogen) atoms. The average Bonchev–Trinajstić information content (AvgIpc) is 2.66. The number of rotatable bonds is 5. The number of carbonyl (C=O) groups excluding carboxylic acids is 1. The molecule has 0 radical (unpaired) electrons. The highest BCUT2D eigenvalue weighted by atomic mass is 35.5. The van der Waals surface area contributed by atoms with E-state index in [0.717, 1.165) is 22.8 Å². The number of quaternary nitrogens is 1. The van der Waals surface area contributed by atoms with Crippen LogP contribution in [0.25, 0.3) is 0 Å². The molecule has 144 valence electrons. The maximum Gasteiger partial charge on any atom is 0.257 e. The van der Waals surface area contributed by atoms with Gasteiger partial charge in [0.05, 0.1) is 30.7 Å². The van der Waals surface area contributed by atoms with E-state index in [1.54, 1.807) is 18.2 Å². The van der Waals surface area contributed by atoms with Gasteiger partial charge in [-0.2, -0.15) is 0 Å². The van der Waals surface area contributed by atoms with Crippen LogP contribution in [0.4, 0.5) is 5.69 Å². The molecule has 1 saturated carbocycles. The Morgan fingerprint density at radius 2 is 1.70 bits per heavy atom. The third-order valence-corrected chi connectivity index (χ3v) is 6.10. The molecule has 0 aliphatic heterocycles. The van der Waals surface area contributed by atoms with Gasteiger partial charge in [-0.3, -0.25) is 4.79 Å². The van der Waals surface area contributed by atoms with Gasteiger partial charge in [0.15, 0.2) is 0 Å². The van der Waals surface area contributed by atoms with Gasteiger partial charge in [-0.05, 0) is 56.0 Å². The fourth-order valence-corrected chi connectivity index (χ4v) is 4.32. The predicted molar refractivity (Wildman–Crippen MR) is 114 cm³/mol. The zero-order valence-electron chi connectivity index (χ0n) is 16.0. The lowest BCUT2D eigenvalue weighted by molar-refractivity contribution is -0.929. The molecule has 0 saturated heterocycles. The number of benzene rings is 2. The van der Waals surface area contributed by atoms with E-state index in [0.29, 0.717) is 15.6 Å². The number of anilines is 1. The summed E-state index contributed by atoms with van der Waals surface area (Å²) in [7, 11) is 4.65. The summed E-state index contributed by atoms with van der Waals surface area (Å²) in [6.45, 7) is 0.999. The molecule has 2 aromatic rings. The van der Waals surface area contributed by atoms with Crippen molar-refractivity contribution in [3.8, 4) is 0 Å². The number of nitrogens with one attached hydrogen (secondary N) is 1. The highest BCUT2D eigenvalue weighted by Gasteiger charge is 2.29. The maximum atomic E-state index is 12.5. The SMILES string of the molecule is C[N+](C)(Cc1ccc(NC(=O)c2cc(Cl)ccc2Cl)cc1)C1CCCCC1. The molecule has 1 N–H and O–H groups in total. The summed E-state index contributed by atoms with van der Waals surface area (Å²) in [4.78, 5) is 12.5. The summed E-state index contributed by atoms with van der Waals surface area (Å²) in [5.74, 6) is -0.256. The molecule has 5 heteroatoms. The minimum Gasteiger partial charge on any atom is -0.322 e. The van der Waals surface area contributed by atoms with Crippen molar-refractivity contribution in [2.45, 2.75) is 44.7 Å². The topological polar surface area (TPSA) is 29.1 Å². The highest BCUT2D eigenvalue weighted by Crippen LogP contribution is 2.28. The summed E-state index contributed by atoms with van der Waals surface area (Å²) >= 11 is 12.1. The van der Waals surface area contributed by atoms with E-state index >= 15 is 0 Å². The Labute approximate surface area is 171 Å². The van der Waals surface area contributed by atoms with Crippen LogP contribution in [-0.2, 0) is 6.54 Å². The van der Waals surface area contributed by atoms with E-state index in [1.807, 2.05) is 12.1 Å². The largest absolute Gasteiger partial charge is 0.322 e. The lowest BCUT2D eigenvalue weighted by Gasteiger charge is -2.40. The van der Waals surface area contributed by atoms with Crippen molar-refractivity contribution in [1.29, 1.82) is 0 Å². The molecule has 0 heterocycles. The van der Waals surface area contributed by atoms with Gasteiger partial charge < -0.3 is 9.80 Å². The summed E-state index contributed by atoms with van der Waals surface area (Å²) in [5.41, 5.74) is 2.41. The molecule has 0 bridgehead atoms. The van der Waals surface area contributed by atoms with Gasteiger partial charge in [-0.1, -0.05) is 41.8 Å². The quantitative estimate of drug-likeness (QED) is 0.593. The van der Waals surface area contributed by atoms with E-state index in [9.17, 15) is 4.79 Å². The molecule has 1 fully saturated rings. The molecule has 0 spiro atoms. The first-order valence-corrected chi connectivity index (χ1v) is 10.3. The van der Waals surface area contributed by atoms with Gasteiger partial charge in [-0.15, -0.1) is 0 Å². The first-order valence-electron chi connectivity index (χ1n) is 9.53. The fraction of sp³-hybridized carbons (Fsp3) is 0.409. The Hall–Kier alpha value is -1.55. The van der Waals surface area contributed by atoms with Crippen LogP contribution in [-0.4, -0.2) is 30.5 Å². The second kappa shape index (κ2) is 8.64. The fourth-order valence-electron chi connectivity index (χ4n) is 3.94. The second-order valence-corrected chi connectivity index (χ2v) is 8.85. The van der Waals surface area contributed by atoms with E-state index in [2.05, 4.69) is 31.5 Å². The normalized spacial score (nSPS) is 15.6. The minimum atomic E-state index is -0.256. The Morgan fingerprint density at radius 1 is 1.04 bits per heavy atom. The third-order valence-electron chi connectivity index (χ3n) is 5.54. The van der Waals surface area contributed by atoms with Crippen LogP contribution in [0.15, 0.2) is 42.5 Å². The Balaban J connectivity index is 1.64. The predicted octanol–water partition coefficient (Wildman–Crippen LogP) is 6.15. The van der Waals surface area contributed by atoms with Crippen molar-refractivity contribution in [3.05, 3.63) is 63.6 Å². The molecule has 1 aliphatic carbocycles. The molecular weight excluding hydrogens is 379 g/mol. The highest BCUT2D eigenvalue weighted by molar-refractivity contribution is 6.36. The van der Waals surface area contributed by atoms with Crippen molar-refractivity contribution >= 4 is 34.8 Å². The van der Waals surface area contributed by atoms with Crippen LogP contribution in [0.1, 0.15) is 48.0 Å². The lowest BCUT2D eigenvalue weighted by atomic mass is 9.92. The molecule has 2 aromatic carbocycles. The van der Waals surface area contributed by atoms with Crippen LogP contribution in [0, 0.1) is 0 Å². The first kappa shape index (κ1) is 20.2. The van der Waals surface area contributed by atoms with Crippen LogP contribution in [0.2, 0.25) is 10.0 Å². The summed E-state index contributed by atoms with van der Waals surface area (Å²) in [6.07, 6.45) is 6.72. The van der Waals surface area contributed by atoms with Gasteiger partial charge in [0.2, 0.25) is 0 Å². The summed E-state index contributed by atoms with van der Waals surface area (Å²) in [6, 6.07) is 13.7. The summed E-state index contributed by atoms with van der Waals surface area (Å²) < 4.78 is 1.02. The molecule has 0 unspecified atom stereocenters. The molecule has 1 aliphatic rings. The van der Waals surface area contributed by atoms with Crippen LogP contribution >= 0.6 is 23.2 Å². The first-order chi connectivity index (χ1) is 12.8. The smallest absolute Gasteiger partial charge is 0.257 e. The average molecular weight is 406 g/mol. The zero-order valence-corrected chi connectivity index (χ0v) is 17.5. The van der Waals surface area contributed by atoms with Crippen molar-refractivity contribution in [2.75, 3.05) is 19.4 Å². The van der Waals surface area contributed by atoms with Crippen molar-refractivity contribution in [3.63, 3.8) is 0 Å². The Bertz CT molecular complexity index is 796. The van der Waals surface area contributed by atoms with Crippen LogP contribution < -0.4 is 5.32 Å². The van der Waals surface area contributed by atoms with E-state index < -0.39 is 0 Å². The van der Waals surface area contributed by atoms with Gasteiger partial charge in [0.1, 0.15) is 6.54 Å².